The molecule has 5 rings (SSSR count). The highest BCUT2D eigenvalue weighted by Gasteiger charge is 2.30. The number of hydrogen-bond acceptors (Lipinski definition) is 4. The van der Waals surface area contributed by atoms with Gasteiger partial charge < -0.3 is 19.0 Å². The van der Waals surface area contributed by atoms with E-state index in [9.17, 15) is 9.59 Å². The lowest BCUT2D eigenvalue weighted by Gasteiger charge is -2.33. The average molecular weight is 419 g/mol. The number of oxazole rings is 1. The molecule has 0 bridgehead atoms. The molecule has 1 unspecified atom stereocenters. The zero-order valence-corrected chi connectivity index (χ0v) is 17.6. The van der Waals surface area contributed by atoms with E-state index in [1.165, 1.54) is 15.5 Å². The number of piperidine rings is 1. The Hall–Kier alpha value is -3.48. The van der Waals surface area contributed by atoms with Crippen molar-refractivity contribution < 1.29 is 13.9 Å². The topological polar surface area (TPSA) is 80.5 Å². The molecule has 1 aliphatic rings. The van der Waals surface area contributed by atoms with Gasteiger partial charge in [-0.25, -0.2) is 4.79 Å². The molecule has 160 valence electrons. The van der Waals surface area contributed by atoms with Crippen LogP contribution in [0.25, 0.3) is 22.0 Å². The first-order valence-corrected chi connectivity index (χ1v) is 10.6. The number of methoxy groups -OCH3 is 1. The molecule has 1 N–H and O–H groups in total. The van der Waals surface area contributed by atoms with Crippen LogP contribution in [0.4, 0.5) is 0 Å². The fraction of sp³-hybridized carbons (Fsp3) is 0.333. The number of likely N-dealkylation sites (tertiary alicyclic amines) is 1. The van der Waals surface area contributed by atoms with Gasteiger partial charge in [-0.2, -0.15) is 0 Å². The number of H-pyrrole nitrogens is 1. The van der Waals surface area contributed by atoms with Crippen LogP contribution in [0.1, 0.15) is 37.3 Å². The number of benzene rings is 2. The molecule has 0 saturated carbocycles. The summed E-state index contributed by atoms with van der Waals surface area (Å²) in [6.07, 6.45) is 3.83. The highest BCUT2D eigenvalue weighted by Crippen LogP contribution is 2.35. The van der Waals surface area contributed by atoms with Crippen LogP contribution in [0.5, 0.6) is 5.75 Å². The van der Waals surface area contributed by atoms with E-state index < -0.39 is 11.8 Å². The number of hydrogen-bond donors (Lipinski definition) is 1. The van der Waals surface area contributed by atoms with Crippen LogP contribution < -0.4 is 10.5 Å². The minimum Gasteiger partial charge on any atom is -0.497 e. The summed E-state index contributed by atoms with van der Waals surface area (Å²) in [5.74, 6) is 0.669. The van der Waals surface area contributed by atoms with Crippen molar-refractivity contribution >= 4 is 27.9 Å². The number of nitrogens with one attached hydrogen (secondary N) is 1. The normalized spacial score (nSPS) is 16.1. The summed E-state index contributed by atoms with van der Waals surface area (Å²) >= 11 is 0. The summed E-state index contributed by atoms with van der Waals surface area (Å²) in [4.78, 5) is 30.8. The minimum atomic E-state index is -0.606. The molecular formula is C24H25N3O4. The standard InChI is InChI=1S/C24H25N3O4/c1-15(27-21-5-3-4-6-22(21)31-24(27)29)23(28)26-11-9-16(10-12-26)19-14-25-20-8-7-17(30-2)13-18(19)20/h3-8,13-16,25H,9-12H2,1-2H3. The molecule has 3 heterocycles. The van der Waals surface area contributed by atoms with Crippen LogP contribution in [0.15, 0.2) is 57.9 Å². The van der Waals surface area contributed by atoms with Crippen molar-refractivity contribution in [2.24, 2.45) is 0 Å². The summed E-state index contributed by atoms with van der Waals surface area (Å²) in [6, 6.07) is 12.6. The van der Waals surface area contributed by atoms with Crippen LogP contribution in [0, 0.1) is 0 Å². The first kappa shape index (κ1) is 19.5. The van der Waals surface area contributed by atoms with Gasteiger partial charge in [0, 0.05) is 30.2 Å². The number of fused-ring (bicyclic) bond motifs is 2. The quantitative estimate of drug-likeness (QED) is 0.541. The third-order valence-electron chi connectivity index (χ3n) is 6.43. The van der Waals surface area contributed by atoms with Gasteiger partial charge in [0.2, 0.25) is 5.91 Å². The Labute approximate surface area is 179 Å². The number of aromatic nitrogens is 2. The summed E-state index contributed by atoms with van der Waals surface area (Å²) in [5.41, 5.74) is 3.51. The number of aromatic amines is 1. The molecule has 1 saturated heterocycles. The third-order valence-corrected chi connectivity index (χ3v) is 6.43. The lowest BCUT2D eigenvalue weighted by atomic mass is 9.89. The van der Waals surface area contributed by atoms with Crippen molar-refractivity contribution in [2.45, 2.75) is 31.7 Å². The monoisotopic (exact) mass is 419 g/mol. The Morgan fingerprint density at radius 1 is 1.19 bits per heavy atom. The molecule has 2 aromatic carbocycles. The molecule has 31 heavy (non-hydrogen) atoms. The van der Waals surface area contributed by atoms with E-state index in [0.29, 0.717) is 30.1 Å². The third kappa shape index (κ3) is 3.30. The van der Waals surface area contributed by atoms with Gasteiger partial charge in [0.15, 0.2) is 5.58 Å². The van der Waals surface area contributed by atoms with E-state index in [-0.39, 0.29) is 5.91 Å². The maximum atomic E-state index is 13.2. The summed E-state index contributed by atoms with van der Waals surface area (Å²) in [7, 11) is 1.67. The number of rotatable bonds is 4. The van der Waals surface area contributed by atoms with Gasteiger partial charge in [-0.1, -0.05) is 12.1 Å². The van der Waals surface area contributed by atoms with Crippen LogP contribution in [-0.4, -0.2) is 40.6 Å². The Morgan fingerprint density at radius 2 is 1.97 bits per heavy atom. The van der Waals surface area contributed by atoms with Crippen LogP contribution in [-0.2, 0) is 4.79 Å². The summed E-state index contributed by atoms with van der Waals surface area (Å²) < 4.78 is 12.1. The van der Waals surface area contributed by atoms with Gasteiger partial charge in [0.1, 0.15) is 11.8 Å². The number of ether oxygens (including phenoxy) is 1. The van der Waals surface area contributed by atoms with Crippen molar-refractivity contribution in [3.63, 3.8) is 0 Å². The van der Waals surface area contributed by atoms with Crippen molar-refractivity contribution in [3.05, 3.63) is 64.8 Å². The second-order valence-electron chi connectivity index (χ2n) is 8.14. The second-order valence-corrected chi connectivity index (χ2v) is 8.14. The first-order chi connectivity index (χ1) is 15.1. The van der Waals surface area contributed by atoms with E-state index >= 15 is 0 Å². The number of carbonyl (C=O) groups excluding carboxylic acids is 1. The largest absolute Gasteiger partial charge is 0.497 e. The molecule has 7 heteroatoms. The highest BCUT2D eigenvalue weighted by molar-refractivity contribution is 5.85. The lowest BCUT2D eigenvalue weighted by Crippen LogP contribution is -2.42. The van der Waals surface area contributed by atoms with E-state index in [1.807, 2.05) is 35.2 Å². The summed E-state index contributed by atoms with van der Waals surface area (Å²) in [5, 5.41) is 1.17. The van der Waals surface area contributed by atoms with Gasteiger partial charge in [0.25, 0.3) is 0 Å². The molecular weight excluding hydrogens is 394 g/mol. The van der Waals surface area contributed by atoms with Gasteiger partial charge in [0.05, 0.1) is 12.6 Å². The Morgan fingerprint density at radius 3 is 2.74 bits per heavy atom. The SMILES string of the molecule is COc1ccc2[nH]cc(C3CCN(C(=O)C(C)n4c(=O)oc5ccccc54)CC3)c2c1. The van der Waals surface area contributed by atoms with Crippen molar-refractivity contribution in [1.29, 1.82) is 0 Å². The van der Waals surface area contributed by atoms with Crippen molar-refractivity contribution in [2.75, 3.05) is 20.2 Å². The number of carbonyl (C=O) groups is 1. The molecule has 4 aromatic rings. The maximum Gasteiger partial charge on any atom is 0.420 e. The molecule has 1 atom stereocenters. The average Bonchev–Trinajstić information content (AvgIpc) is 3.37. The Balaban J connectivity index is 1.33. The van der Waals surface area contributed by atoms with Crippen LogP contribution in [0.2, 0.25) is 0 Å². The number of amides is 1. The molecule has 1 fully saturated rings. The minimum absolute atomic E-state index is 0.0484. The molecule has 0 spiro atoms. The van der Waals surface area contributed by atoms with Crippen molar-refractivity contribution in [1.82, 2.24) is 14.5 Å². The number of nitrogens with zero attached hydrogens (tertiary/aromatic N) is 2. The zero-order chi connectivity index (χ0) is 21.5. The molecule has 0 aliphatic carbocycles. The maximum absolute atomic E-state index is 13.2. The van der Waals surface area contributed by atoms with E-state index in [2.05, 4.69) is 17.2 Å². The fourth-order valence-corrected chi connectivity index (χ4v) is 4.72. The van der Waals surface area contributed by atoms with E-state index in [1.54, 1.807) is 20.1 Å². The lowest BCUT2D eigenvalue weighted by molar-refractivity contribution is -0.135. The van der Waals surface area contributed by atoms with E-state index in [0.717, 1.165) is 24.1 Å². The molecule has 1 aliphatic heterocycles. The predicted octanol–water partition coefficient (Wildman–Crippen LogP) is 4.05. The van der Waals surface area contributed by atoms with Crippen molar-refractivity contribution in [3.8, 4) is 5.75 Å². The highest BCUT2D eigenvalue weighted by atomic mass is 16.5. The van der Waals surface area contributed by atoms with Gasteiger partial charge in [-0.15, -0.1) is 0 Å². The molecule has 7 nitrogen and oxygen atoms in total. The predicted molar refractivity (Wildman–Crippen MR) is 119 cm³/mol. The van der Waals surface area contributed by atoms with E-state index in [4.69, 9.17) is 9.15 Å². The van der Waals surface area contributed by atoms with Crippen LogP contribution in [0.3, 0.4) is 0 Å². The number of para-hydroxylation sites is 2. The smallest absolute Gasteiger partial charge is 0.420 e. The van der Waals surface area contributed by atoms with Crippen LogP contribution >= 0.6 is 0 Å². The zero-order valence-electron chi connectivity index (χ0n) is 17.6. The summed E-state index contributed by atoms with van der Waals surface area (Å²) in [6.45, 7) is 3.09. The fourth-order valence-electron chi connectivity index (χ4n) is 4.72. The Kier molecular flexibility index (Phi) is 4.81. The molecule has 1 amide bonds. The molecule has 2 aromatic heterocycles. The Bertz CT molecular complexity index is 1310. The first-order valence-electron chi connectivity index (χ1n) is 10.6. The van der Waals surface area contributed by atoms with Gasteiger partial charge >= 0.3 is 5.76 Å². The van der Waals surface area contributed by atoms with Gasteiger partial charge in [-0.05, 0) is 61.6 Å². The second kappa shape index (κ2) is 7.65. The van der Waals surface area contributed by atoms with Gasteiger partial charge in [-0.3, -0.25) is 9.36 Å². The molecule has 0 radical (unpaired) electrons.